The van der Waals surface area contributed by atoms with Crippen LogP contribution in [0.2, 0.25) is 0 Å². The zero-order valence-electron chi connectivity index (χ0n) is 17.9. The fourth-order valence-corrected chi connectivity index (χ4v) is 2.03. The molecule has 1 aromatic heterocycles. The molecule has 172 valence electrons. The first kappa shape index (κ1) is 25.9. The van der Waals surface area contributed by atoms with Gasteiger partial charge in [-0.15, -0.1) is 5.10 Å². The summed E-state index contributed by atoms with van der Waals surface area (Å²) in [5, 5.41) is 10.3. The first-order valence-corrected chi connectivity index (χ1v) is 9.77. The van der Waals surface area contributed by atoms with Crippen molar-refractivity contribution in [3.8, 4) is 0 Å². The Morgan fingerprint density at radius 1 is 1.07 bits per heavy atom. The van der Waals surface area contributed by atoms with Crippen molar-refractivity contribution < 1.29 is 33.3 Å². The maximum absolute atomic E-state index is 11.9. The molecule has 0 bridgehead atoms. The molecular weight excluding hydrogens is 398 g/mol. The third-order valence-corrected chi connectivity index (χ3v) is 3.71. The lowest BCUT2D eigenvalue weighted by molar-refractivity contribution is -0.148. The van der Waals surface area contributed by atoms with E-state index in [0.717, 1.165) is 0 Å². The summed E-state index contributed by atoms with van der Waals surface area (Å²) in [6, 6.07) is -1.50. The Balaban J connectivity index is 2.09. The Morgan fingerprint density at radius 2 is 1.67 bits per heavy atom. The number of rotatable bonds is 17. The van der Waals surface area contributed by atoms with Crippen LogP contribution in [0.15, 0.2) is 6.20 Å². The van der Waals surface area contributed by atoms with Gasteiger partial charge in [0.2, 0.25) is 5.91 Å². The van der Waals surface area contributed by atoms with Gasteiger partial charge in [-0.2, -0.15) is 0 Å². The lowest BCUT2D eigenvalue weighted by Gasteiger charge is -2.14. The van der Waals surface area contributed by atoms with Crippen LogP contribution in [0.1, 0.15) is 19.5 Å². The predicted octanol–water partition coefficient (Wildman–Crippen LogP) is -1.13. The lowest BCUT2D eigenvalue weighted by Crippen LogP contribution is -2.46. The van der Waals surface area contributed by atoms with E-state index in [0.29, 0.717) is 58.5 Å². The topological polar surface area (TPSA) is 149 Å². The molecule has 3 N–H and O–H groups in total. The maximum Gasteiger partial charge on any atom is 0.328 e. The first-order chi connectivity index (χ1) is 14.4. The number of aromatic nitrogens is 3. The molecule has 0 saturated carbocycles. The zero-order chi connectivity index (χ0) is 22.2. The zero-order valence-corrected chi connectivity index (χ0v) is 17.9. The van der Waals surface area contributed by atoms with Crippen LogP contribution in [0.5, 0.6) is 0 Å². The molecule has 1 amide bonds. The van der Waals surface area contributed by atoms with Gasteiger partial charge in [-0.05, 0) is 13.8 Å². The van der Waals surface area contributed by atoms with Gasteiger partial charge >= 0.3 is 5.97 Å². The molecule has 0 radical (unpaired) electrons. The molecule has 2 atom stereocenters. The van der Waals surface area contributed by atoms with Crippen LogP contribution in [0.25, 0.3) is 0 Å². The maximum atomic E-state index is 11.9. The number of ether oxygens (including phenoxy) is 5. The van der Waals surface area contributed by atoms with E-state index in [1.807, 2.05) is 0 Å². The molecule has 0 aromatic carbocycles. The highest BCUT2D eigenvalue weighted by Gasteiger charge is 2.19. The monoisotopic (exact) mass is 431 g/mol. The van der Waals surface area contributed by atoms with Crippen LogP contribution in [0.4, 0.5) is 0 Å². The quantitative estimate of drug-likeness (QED) is 0.229. The molecule has 1 rings (SSSR count). The third kappa shape index (κ3) is 11.8. The van der Waals surface area contributed by atoms with Crippen molar-refractivity contribution in [2.24, 2.45) is 5.73 Å². The van der Waals surface area contributed by atoms with Gasteiger partial charge < -0.3 is 34.7 Å². The summed E-state index contributed by atoms with van der Waals surface area (Å²) >= 11 is 0. The van der Waals surface area contributed by atoms with Crippen molar-refractivity contribution in [2.45, 2.75) is 39.1 Å². The van der Waals surface area contributed by atoms with Gasteiger partial charge in [0.05, 0.1) is 65.0 Å². The van der Waals surface area contributed by atoms with E-state index in [1.54, 1.807) is 18.0 Å². The SMILES string of the molecule is COCCOCCOCCOCCn1cc(COC(=O)[C@H](C)NC(=O)[C@H](C)N)nn1. The fraction of sp³-hybridized carbons (Fsp3) is 0.778. The minimum atomic E-state index is -0.800. The van der Waals surface area contributed by atoms with E-state index in [-0.39, 0.29) is 6.61 Å². The Kier molecular flexibility index (Phi) is 13.5. The number of hydrogen-bond donors (Lipinski definition) is 2. The second kappa shape index (κ2) is 15.7. The number of carbonyl (C=O) groups excluding carboxylic acids is 2. The van der Waals surface area contributed by atoms with Crippen LogP contribution in [-0.2, 0) is 46.4 Å². The normalized spacial score (nSPS) is 13.1. The van der Waals surface area contributed by atoms with Gasteiger partial charge in [-0.3, -0.25) is 4.79 Å². The van der Waals surface area contributed by atoms with Crippen LogP contribution in [-0.4, -0.2) is 92.3 Å². The number of methoxy groups -OCH3 is 1. The third-order valence-electron chi connectivity index (χ3n) is 3.71. The van der Waals surface area contributed by atoms with E-state index in [4.69, 9.17) is 29.4 Å². The Hall–Kier alpha value is -2.12. The number of nitrogens with two attached hydrogens (primary N) is 1. The van der Waals surface area contributed by atoms with E-state index >= 15 is 0 Å². The summed E-state index contributed by atoms with van der Waals surface area (Å²) in [5.74, 6) is -1.00. The number of amides is 1. The van der Waals surface area contributed by atoms with Crippen molar-refractivity contribution in [3.63, 3.8) is 0 Å². The molecule has 12 heteroatoms. The average Bonchev–Trinajstić information content (AvgIpc) is 3.17. The molecule has 0 saturated heterocycles. The molecule has 1 heterocycles. The summed E-state index contributed by atoms with van der Waals surface area (Å²) in [5.41, 5.74) is 5.93. The molecule has 12 nitrogen and oxygen atoms in total. The van der Waals surface area contributed by atoms with Crippen molar-refractivity contribution in [3.05, 3.63) is 11.9 Å². The van der Waals surface area contributed by atoms with E-state index < -0.39 is 24.0 Å². The molecule has 0 aliphatic carbocycles. The Morgan fingerprint density at radius 3 is 2.27 bits per heavy atom. The smallest absolute Gasteiger partial charge is 0.328 e. The van der Waals surface area contributed by atoms with E-state index in [2.05, 4.69) is 15.6 Å². The van der Waals surface area contributed by atoms with Crippen LogP contribution < -0.4 is 11.1 Å². The average molecular weight is 431 g/mol. The first-order valence-electron chi connectivity index (χ1n) is 9.77. The van der Waals surface area contributed by atoms with Crippen LogP contribution in [0, 0.1) is 0 Å². The van der Waals surface area contributed by atoms with Gasteiger partial charge in [-0.25, -0.2) is 9.48 Å². The second-order valence-corrected chi connectivity index (χ2v) is 6.43. The lowest BCUT2D eigenvalue weighted by atomic mass is 10.3. The number of nitrogens with zero attached hydrogens (tertiary/aromatic N) is 3. The van der Waals surface area contributed by atoms with Gasteiger partial charge in [0.15, 0.2) is 0 Å². The Labute approximate surface area is 176 Å². The van der Waals surface area contributed by atoms with E-state index in [1.165, 1.54) is 13.8 Å². The molecule has 0 aliphatic rings. The molecule has 30 heavy (non-hydrogen) atoms. The minimum absolute atomic E-state index is 0.0433. The van der Waals surface area contributed by atoms with Crippen molar-refractivity contribution in [1.82, 2.24) is 20.3 Å². The second-order valence-electron chi connectivity index (χ2n) is 6.43. The summed E-state index contributed by atoms with van der Waals surface area (Å²) in [7, 11) is 1.63. The van der Waals surface area contributed by atoms with Crippen LogP contribution in [0.3, 0.4) is 0 Å². The van der Waals surface area contributed by atoms with Gasteiger partial charge in [0, 0.05) is 7.11 Å². The summed E-state index contributed by atoms with van der Waals surface area (Å²) in [6.07, 6.45) is 1.66. The van der Waals surface area contributed by atoms with E-state index in [9.17, 15) is 9.59 Å². The number of nitrogens with one attached hydrogen (secondary N) is 1. The summed E-state index contributed by atoms with van der Waals surface area (Å²) < 4.78 is 27.7. The van der Waals surface area contributed by atoms with Gasteiger partial charge in [0.25, 0.3) is 0 Å². The highest BCUT2D eigenvalue weighted by molar-refractivity contribution is 5.86. The minimum Gasteiger partial charge on any atom is -0.458 e. The Bertz CT molecular complexity index is 612. The molecule has 0 unspecified atom stereocenters. The highest BCUT2D eigenvalue weighted by Crippen LogP contribution is 1.99. The highest BCUT2D eigenvalue weighted by atomic mass is 16.6. The molecule has 0 fully saturated rings. The summed E-state index contributed by atoms with van der Waals surface area (Å²) in [6.45, 7) is 7.04. The number of esters is 1. The summed E-state index contributed by atoms with van der Waals surface area (Å²) in [4.78, 5) is 23.4. The van der Waals surface area contributed by atoms with Gasteiger partial charge in [0.1, 0.15) is 18.3 Å². The largest absolute Gasteiger partial charge is 0.458 e. The van der Waals surface area contributed by atoms with Crippen molar-refractivity contribution in [1.29, 1.82) is 0 Å². The number of carbonyl (C=O) groups is 2. The standard InChI is InChI=1S/C18H33N5O7/c1-14(19)17(24)20-15(2)18(25)30-13-16-12-23(22-21-16)4-5-27-8-9-29-11-10-28-7-6-26-3/h12,14-15H,4-11,13,19H2,1-3H3,(H,20,24)/t14-,15-/m0/s1. The number of hydrogen-bond acceptors (Lipinski definition) is 10. The van der Waals surface area contributed by atoms with Crippen molar-refractivity contribution in [2.75, 3.05) is 53.4 Å². The molecule has 1 aromatic rings. The van der Waals surface area contributed by atoms with Gasteiger partial charge in [-0.1, -0.05) is 5.21 Å². The fourth-order valence-electron chi connectivity index (χ4n) is 2.03. The van der Waals surface area contributed by atoms with Crippen LogP contribution >= 0.6 is 0 Å². The van der Waals surface area contributed by atoms with Crippen molar-refractivity contribution >= 4 is 11.9 Å². The molecular formula is C18H33N5O7. The predicted molar refractivity (Wildman–Crippen MR) is 105 cm³/mol. The molecule has 0 aliphatic heterocycles. The molecule has 0 spiro atoms.